The largest absolute Gasteiger partial charge is 0.496 e. The lowest BCUT2D eigenvalue weighted by atomic mass is 9.93. The van der Waals surface area contributed by atoms with Gasteiger partial charge in [-0.25, -0.2) is 4.98 Å². The average Bonchev–Trinajstić information content (AvgIpc) is 2.89. The molecule has 28 heavy (non-hydrogen) atoms. The van der Waals surface area contributed by atoms with Crippen LogP contribution < -0.4 is 10.5 Å². The predicted molar refractivity (Wildman–Crippen MR) is 103 cm³/mol. The van der Waals surface area contributed by atoms with Gasteiger partial charge in [-0.2, -0.15) is 13.2 Å². The monoisotopic (exact) mass is 455 g/mol. The first-order valence-electron chi connectivity index (χ1n) is 8.24. The van der Waals surface area contributed by atoms with Crippen LogP contribution >= 0.6 is 15.9 Å². The zero-order valence-electron chi connectivity index (χ0n) is 15.3. The molecule has 1 aromatic carbocycles. The second-order valence-corrected chi connectivity index (χ2v) is 7.28. The van der Waals surface area contributed by atoms with E-state index in [0.717, 1.165) is 21.3 Å². The molecular weight excluding hydrogens is 439 g/mol. The predicted octanol–water partition coefficient (Wildman–Crippen LogP) is 4.75. The van der Waals surface area contributed by atoms with Crippen LogP contribution in [0.4, 0.5) is 13.2 Å². The number of nitrogens with zero attached hydrogens (tertiary/aromatic N) is 2. The molecule has 0 fully saturated rings. The summed E-state index contributed by atoms with van der Waals surface area (Å²) in [5.74, 6) is -0.200. The van der Waals surface area contributed by atoms with Gasteiger partial charge in [-0.3, -0.25) is 4.79 Å². The number of hydrogen-bond acceptors (Lipinski definition) is 3. The molecule has 0 aliphatic rings. The Kier molecular flexibility index (Phi) is 5.14. The molecule has 0 saturated heterocycles. The Morgan fingerprint density at radius 1 is 1.32 bits per heavy atom. The summed E-state index contributed by atoms with van der Waals surface area (Å²) in [6.07, 6.45) is -3.14. The zero-order valence-corrected chi connectivity index (χ0v) is 16.9. The summed E-state index contributed by atoms with van der Waals surface area (Å²) in [6.45, 7) is 2.48. The van der Waals surface area contributed by atoms with E-state index in [1.807, 2.05) is 26.0 Å². The highest BCUT2D eigenvalue weighted by atomic mass is 79.9. The fraction of sp³-hybridized carbons (Fsp3) is 0.263. The minimum atomic E-state index is -4.45. The number of ether oxygens (including phenoxy) is 1. The Morgan fingerprint density at radius 2 is 2.00 bits per heavy atom. The molecular formula is C19H17BrF3N3O2. The standard InChI is InChI=1S/C19H17BrF3N3O2/c1-9-4-5-14(28-3)10(2)15(9)11-6-13(17(24)27)25-18-16(11)12(20)7-26(18)8-19(21,22)23/h4-7H,8H2,1-3H3,(H2,24,27). The van der Waals surface area contributed by atoms with Gasteiger partial charge in [0.15, 0.2) is 0 Å². The van der Waals surface area contributed by atoms with Crippen molar-refractivity contribution in [3.8, 4) is 16.9 Å². The second kappa shape index (κ2) is 7.12. The highest BCUT2D eigenvalue weighted by molar-refractivity contribution is 9.10. The van der Waals surface area contributed by atoms with Crippen LogP contribution in [0.25, 0.3) is 22.2 Å². The maximum absolute atomic E-state index is 13.0. The minimum absolute atomic E-state index is 0.0251. The number of nitrogens with two attached hydrogens (primary N) is 1. The van der Waals surface area contributed by atoms with Crippen molar-refractivity contribution in [2.24, 2.45) is 5.73 Å². The topological polar surface area (TPSA) is 70.1 Å². The summed E-state index contributed by atoms with van der Waals surface area (Å²) < 4.78 is 45.8. The van der Waals surface area contributed by atoms with Gasteiger partial charge in [0.05, 0.1) is 7.11 Å². The molecule has 2 N–H and O–H groups in total. The summed E-state index contributed by atoms with van der Waals surface area (Å²) in [5.41, 5.74) is 8.28. The van der Waals surface area contributed by atoms with Crippen molar-refractivity contribution in [2.45, 2.75) is 26.6 Å². The average molecular weight is 456 g/mol. The Labute approximate surface area is 167 Å². The van der Waals surface area contributed by atoms with Crippen molar-refractivity contribution in [2.75, 3.05) is 7.11 Å². The molecule has 9 heteroatoms. The van der Waals surface area contributed by atoms with Crippen molar-refractivity contribution < 1.29 is 22.7 Å². The van der Waals surface area contributed by atoms with Crippen molar-refractivity contribution in [3.63, 3.8) is 0 Å². The van der Waals surface area contributed by atoms with Gasteiger partial charge in [0, 0.05) is 16.1 Å². The van der Waals surface area contributed by atoms with E-state index in [1.54, 1.807) is 0 Å². The Balaban J connectivity index is 2.43. The molecule has 0 atom stereocenters. The Bertz CT molecular complexity index is 1090. The molecule has 0 spiro atoms. The van der Waals surface area contributed by atoms with Crippen LogP contribution in [0, 0.1) is 13.8 Å². The van der Waals surface area contributed by atoms with E-state index < -0.39 is 18.6 Å². The molecule has 2 heterocycles. The number of fused-ring (bicyclic) bond motifs is 1. The Hall–Kier alpha value is -2.55. The van der Waals surface area contributed by atoms with E-state index in [0.29, 0.717) is 21.2 Å². The zero-order chi connectivity index (χ0) is 20.8. The SMILES string of the molecule is COc1ccc(C)c(-c2cc(C(N)=O)nc3c2c(Br)cn3CC(F)(F)F)c1C. The van der Waals surface area contributed by atoms with E-state index in [1.165, 1.54) is 19.4 Å². The van der Waals surface area contributed by atoms with Gasteiger partial charge in [-0.15, -0.1) is 0 Å². The van der Waals surface area contributed by atoms with E-state index in [4.69, 9.17) is 10.5 Å². The third-order valence-electron chi connectivity index (χ3n) is 4.50. The molecule has 3 aromatic rings. The lowest BCUT2D eigenvalue weighted by Crippen LogP contribution is -2.18. The highest BCUT2D eigenvalue weighted by Crippen LogP contribution is 2.41. The van der Waals surface area contributed by atoms with Crippen molar-refractivity contribution >= 4 is 32.9 Å². The number of aromatic nitrogens is 2. The highest BCUT2D eigenvalue weighted by Gasteiger charge is 2.30. The number of amides is 1. The van der Waals surface area contributed by atoms with Crippen molar-refractivity contribution in [3.05, 3.63) is 45.7 Å². The maximum atomic E-state index is 13.0. The molecule has 148 valence electrons. The smallest absolute Gasteiger partial charge is 0.406 e. The molecule has 2 aromatic heterocycles. The van der Waals surface area contributed by atoms with E-state index in [9.17, 15) is 18.0 Å². The van der Waals surface area contributed by atoms with Crippen LogP contribution in [0.3, 0.4) is 0 Å². The van der Waals surface area contributed by atoms with Gasteiger partial charge < -0.3 is 15.0 Å². The molecule has 0 radical (unpaired) electrons. The van der Waals surface area contributed by atoms with Crippen LogP contribution in [0.5, 0.6) is 5.75 Å². The van der Waals surface area contributed by atoms with Gasteiger partial charge in [0.2, 0.25) is 0 Å². The van der Waals surface area contributed by atoms with Gasteiger partial charge >= 0.3 is 6.18 Å². The fourth-order valence-corrected chi connectivity index (χ4v) is 3.98. The van der Waals surface area contributed by atoms with Crippen LogP contribution in [0.2, 0.25) is 0 Å². The summed E-state index contributed by atoms with van der Waals surface area (Å²) in [7, 11) is 1.54. The minimum Gasteiger partial charge on any atom is -0.496 e. The molecule has 5 nitrogen and oxygen atoms in total. The first-order valence-corrected chi connectivity index (χ1v) is 9.03. The molecule has 0 aliphatic heterocycles. The number of carbonyl (C=O) groups is 1. The fourth-order valence-electron chi connectivity index (χ4n) is 3.34. The number of primary amides is 1. The van der Waals surface area contributed by atoms with Gasteiger partial charge in [0.25, 0.3) is 5.91 Å². The number of aryl methyl sites for hydroxylation is 1. The number of alkyl halides is 3. The van der Waals surface area contributed by atoms with Crippen LogP contribution in [0.15, 0.2) is 28.9 Å². The first kappa shape index (κ1) is 20.2. The molecule has 0 saturated carbocycles. The summed E-state index contributed by atoms with van der Waals surface area (Å²) >= 11 is 3.34. The quantitative estimate of drug-likeness (QED) is 0.616. The van der Waals surface area contributed by atoms with Crippen LogP contribution in [-0.4, -0.2) is 28.7 Å². The number of methoxy groups -OCH3 is 1. The third kappa shape index (κ3) is 3.58. The second-order valence-electron chi connectivity index (χ2n) is 6.42. The van der Waals surface area contributed by atoms with Crippen LogP contribution in [0.1, 0.15) is 21.6 Å². The Morgan fingerprint density at radius 3 is 2.57 bits per heavy atom. The first-order chi connectivity index (χ1) is 13.0. The van der Waals surface area contributed by atoms with Gasteiger partial charge in [-0.1, -0.05) is 6.07 Å². The summed E-state index contributed by atoms with van der Waals surface area (Å²) in [5, 5.41) is 0.466. The summed E-state index contributed by atoms with van der Waals surface area (Å²) in [4.78, 5) is 15.9. The number of benzene rings is 1. The number of pyridine rings is 1. The van der Waals surface area contributed by atoms with E-state index >= 15 is 0 Å². The molecule has 3 rings (SSSR count). The molecule has 0 unspecified atom stereocenters. The molecule has 1 amide bonds. The number of hydrogen-bond donors (Lipinski definition) is 1. The lowest BCUT2D eigenvalue weighted by Gasteiger charge is -2.16. The normalized spacial score (nSPS) is 11.8. The lowest BCUT2D eigenvalue weighted by molar-refractivity contribution is -0.139. The van der Waals surface area contributed by atoms with Gasteiger partial charge in [0.1, 0.15) is 23.6 Å². The summed E-state index contributed by atoms with van der Waals surface area (Å²) in [6, 6.07) is 5.16. The molecule has 0 aliphatic carbocycles. The number of carbonyl (C=O) groups excluding carboxylic acids is 1. The maximum Gasteiger partial charge on any atom is 0.406 e. The van der Waals surface area contributed by atoms with E-state index in [2.05, 4.69) is 20.9 Å². The van der Waals surface area contributed by atoms with Crippen molar-refractivity contribution in [1.82, 2.24) is 9.55 Å². The van der Waals surface area contributed by atoms with Gasteiger partial charge in [-0.05, 0) is 64.2 Å². The number of rotatable bonds is 4. The third-order valence-corrected chi connectivity index (χ3v) is 5.10. The van der Waals surface area contributed by atoms with E-state index in [-0.39, 0.29) is 11.3 Å². The van der Waals surface area contributed by atoms with Crippen LogP contribution in [-0.2, 0) is 6.54 Å². The van der Waals surface area contributed by atoms with Crippen molar-refractivity contribution in [1.29, 1.82) is 0 Å². The molecule has 0 bridgehead atoms. The number of halogens is 4.